The fourth-order valence-electron chi connectivity index (χ4n) is 3.95. The number of piperazine rings is 1. The van der Waals surface area contributed by atoms with Crippen molar-refractivity contribution in [1.82, 2.24) is 20.5 Å². The first-order valence-electron chi connectivity index (χ1n) is 12.1. The normalized spacial score (nSPS) is 14.1. The number of thiocarbonyl (C=S) groups is 1. The zero-order valence-electron chi connectivity index (χ0n) is 20.5. The molecule has 1 aliphatic rings. The number of nitrogens with one attached hydrogen (secondary N) is 3. The Morgan fingerprint density at radius 2 is 1.86 bits per heavy atom. The summed E-state index contributed by atoms with van der Waals surface area (Å²) in [4.78, 5) is 33.4. The van der Waals surface area contributed by atoms with E-state index in [2.05, 4.69) is 32.4 Å². The number of aryl methyl sites for hydroxylation is 1. The molecule has 0 spiro atoms. The Hall–Kier alpha value is -3.53. The van der Waals surface area contributed by atoms with Crippen LogP contribution in [0.2, 0.25) is 0 Å². The summed E-state index contributed by atoms with van der Waals surface area (Å²) >= 11 is 5.44. The molecule has 8 nitrogen and oxygen atoms in total. The van der Waals surface area contributed by atoms with Gasteiger partial charge in [-0.25, -0.2) is 9.37 Å². The maximum atomic E-state index is 13.5. The third-order valence-electron chi connectivity index (χ3n) is 5.90. The number of nitrogens with zero attached hydrogens (tertiary/aromatic N) is 3. The van der Waals surface area contributed by atoms with Crippen molar-refractivity contribution in [2.75, 3.05) is 42.9 Å². The van der Waals surface area contributed by atoms with Crippen molar-refractivity contribution in [2.45, 2.75) is 32.2 Å². The highest BCUT2D eigenvalue weighted by atomic mass is 32.1. The largest absolute Gasteiger partial charge is 0.353 e. The summed E-state index contributed by atoms with van der Waals surface area (Å²) < 4.78 is 13.2. The second kappa shape index (κ2) is 13.5. The Morgan fingerprint density at radius 1 is 1.14 bits per heavy atom. The average molecular weight is 513 g/mol. The minimum absolute atomic E-state index is 0.0229. The summed E-state index contributed by atoms with van der Waals surface area (Å²) in [5.41, 5.74) is 1.59. The predicted molar refractivity (Wildman–Crippen MR) is 144 cm³/mol. The molecule has 0 aliphatic carbocycles. The highest BCUT2D eigenvalue weighted by Gasteiger charge is 2.28. The number of rotatable bonds is 10. The van der Waals surface area contributed by atoms with E-state index in [0.29, 0.717) is 56.4 Å². The van der Waals surface area contributed by atoms with Crippen LogP contribution in [0.25, 0.3) is 0 Å². The van der Waals surface area contributed by atoms with Gasteiger partial charge in [0.25, 0.3) is 0 Å². The van der Waals surface area contributed by atoms with E-state index in [0.717, 1.165) is 17.9 Å². The quantitative estimate of drug-likeness (QED) is 0.256. The van der Waals surface area contributed by atoms with Gasteiger partial charge in [-0.3, -0.25) is 9.59 Å². The molecular weight excluding hydrogens is 479 g/mol. The van der Waals surface area contributed by atoms with Crippen molar-refractivity contribution in [3.63, 3.8) is 0 Å². The van der Waals surface area contributed by atoms with Crippen LogP contribution in [-0.4, -0.2) is 65.6 Å². The summed E-state index contributed by atoms with van der Waals surface area (Å²) in [6, 6.07) is 11.3. The van der Waals surface area contributed by atoms with Gasteiger partial charge in [-0.2, -0.15) is 0 Å². The van der Waals surface area contributed by atoms with E-state index in [4.69, 9.17) is 12.2 Å². The molecule has 10 heteroatoms. The van der Waals surface area contributed by atoms with Crippen LogP contribution in [0.4, 0.5) is 15.9 Å². The first-order valence-corrected chi connectivity index (χ1v) is 12.5. The number of carbonyl (C=O) groups excluding carboxylic acids is 2. The summed E-state index contributed by atoms with van der Waals surface area (Å²) in [5, 5.41) is 9.20. The van der Waals surface area contributed by atoms with E-state index in [1.807, 2.05) is 30.0 Å². The van der Waals surface area contributed by atoms with Crippen LogP contribution < -0.4 is 20.9 Å². The predicted octanol–water partition coefficient (Wildman–Crippen LogP) is 3.01. The highest BCUT2D eigenvalue weighted by Crippen LogP contribution is 2.16. The van der Waals surface area contributed by atoms with Gasteiger partial charge in [0.05, 0.1) is 0 Å². The number of benzene rings is 1. The number of pyridine rings is 1. The molecule has 3 N–H and O–H groups in total. The molecule has 0 saturated carbocycles. The van der Waals surface area contributed by atoms with Crippen LogP contribution >= 0.6 is 12.2 Å². The van der Waals surface area contributed by atoms with Gasteiger partial charge in [-0.05, 0) is 80.9 Å². The van der Waals surface area contributed by atoms with Crippen molar-refractivity contribution in [2.24, 2.45) is 0 Å². The first kappa shape index (κ1) is 27.1. The Kier molecular flexibility index (Phi) is 10.2. The molecule has 2 aromatic rings. The van der Waals surface area contributed by atoms with Crippen molar-refractivity contribution in [1.29, 1.82) is 0 Å². The topological polar surface area (TPSA) is 89.6 Å². The maximum Gasteiger partial charge on any atom is 0.245 e. The number of anilines is 2. The molecule has 192 valence electrons. The molecule has 1 aliphatic heterocycles. The van der Waals surface area contributed by atoms with Crippen molar-refractivity contribution >= 4 is 40.6 Å². The van der Waals surface area contributed by atoms with Gasteiger partial charge >= 0.3 is 0 Å². The zero-order valence-corrected chi connectivity index (χ0v) is 21.3. The standard InChI is InChI=1S/C26H33FN6O2S/c1-3-24(34)28-14-5-4-8-22(31-26(36)30-21-12-10-20(27)11-13-21)25(35)33-17-15-32(16-18-33)23-9-6-7-19(2)29-23/h3,6-7,9-13,22H,1,4-5,8,14-18H2,2H3,(H,28,34)(H2,30,31,36). The fraction of sp³-hybridized carbons (Fsp3) is 0.385. The third-order valence-corrected chi connectivity index (χ3v) is 6.12. The molecule has 0 radical (unpaired) electrons. The minimum Gasteiger partial charge on any atom is -0.353 e. The number of hydrogen-bond acceptors (Lipinski definition) is 5. The van der Waals surface area contributed by atoms with Gasteiger partial charge in [0.15, 0.2) is 5.11 Å². The van der Waals surface area contributed by atoms with Crippen molar-refractivity contribution in [3.8, 4) is 0 Å². The summed E-state index contributed by atoms with van der Waals surface area (Å²) in [7, 11) is 0. The van der Waals surface area contributed by atoms with Crippen molar-refractivity contribution < 1.29 is 14.0 Å². The minimum atomic E-state index is -0.524. The molecule has 1 atom stereocenters. The van der Waals surface area contributed by atoms with Gasteiger partial charge < -0.3 is 25.8 Å². The second-order valence-electron chi connectivity index (χ2n) is 8.60. The molecule has 2 amide bonds. The lowest BCUT2D eigenvalue weighted by molar-refractivity contribution is -0.133. The first-order chi connectivity index (χ1) is 17.4. The fourth-order valence-corrected chi connectivity index (χ4v) is 4.21. The zero-order chi connectivity index (χ0) is 25.9. The van der Waals surface area contributed by atoms with Crippen LogP contribution in [0.5, 0.6) is 0 Å². The Labute approximate surface area is 217 Å². The molecule has 1 unspecified atom stereocenters. The monoisotopic (exact) mass is 512 g/mol. The van der Waals surface area contributed by atoms with Gasteiger partial charge in [0, 0.05) is 44.1 Å². The highest BCUT2D eigenvalue weighted by molar-refractivity contribution is 7.80. The number of hydrogen-bond donors (Lipinski definition) is 3. The van der Waals surface area contributed by atoms with Crippen LogP contribution in [0.3, 0.4) is 0 Å². The van der Waals surface area contributed by atoms with Crippen LogP contribution in [0.1, 0.15) is 25.0 Å². The van der Waals surface area contributed by atoms with Gasteiger partial charge in [-0.1, -0.05) is 12.6 Å². The lowest BCUT2D eigenvalue weighted by atomic mass is 10.1. The van der Waals surface area contributed by atoms with Gasteiger partial charge in [-0.15, -0.1) is 0 Å². The molecule has 2 heterocycles. The number of unbranched alkanes of at least 4 members (excludes halogenated alkanes) is 1. The van der Waals surface area contributed by atoms with E-state index in [1.54, 1.807) is 12.1 Å². The van der Waals surface area contributed by atoms with E-state index < -0.39 is 6.04 Å². The molecule has 3 rings (SSSR count). The third kappa shape index (κ3) is 8.30. The number of aromatic nitrogens is 1. The Bertz CT molecular complexity index is 1060. The SMILES string of the molecule is C=CC(=O)NCCCCC(NC(=S)Nc1ccc(F)cc1)C(=O)N1CCN(c2cccc(C)n2)CC1. The average Bonchev–Trinajstić information content (AvgIpc) is 2.88. The number of carbonyl (C=O) groups is 2. The van der Waals surface area contributed by atoms with E-state index >= 15 is 0 Å². The maximum absolute atomic E-state index is 13.5. The van der Waals surface area contributed by atoms with Crippen LogP contribution in [-0.2, 0) is 9.59 Å². The molecule has 1 aromatic heterocycles. The number of amides is 2. The second-order valence-corrected chi connectivity index (χ2v) is 9.01. The molecule has 1 aromatic carbocycles. The molecular formula is C26H33FN6O2S. The van der Waals surface area contributed by atoms with Gasteiger partial charge in [0.1, 0.15) is 17.7 Å². The smallest absolute Gasteiger partial charge is 0.245 e. The van der Waals surface area contributed by atoms with Gasteiger partial charge in [0.2, 0.25) is 11.8 Å². The summed E-state index contributed by atoms with van der Waals surface area (Å²) in [5.74, 6) is 0.343. The summed E-state index contributed by atoms with van der Waals surface area (Å²) in [6.07, 6.45) is 3.22. The molecule has 36 heavy (non-hydrogen) atoms. The van der Waals surface area contributed by atoms with Crippen LogP contribution in [0, 0.1) is 12.7 Å². The summed E-state index contributed by atoms with van der Waals surface area (Å²) in [6.45, 7) is 8.47. The molecule has 0 bridgehead atoms. The van der Waals surface area contributed by atoms with Crippen molar-refractivity contribution in [3.05, 3.63) is 66.6 Å². The number of halogens is 1. The lowest BCUT2D eigenvalue weighted by Gasteiger charge is -2.37. The van der Waals surface area contributed by atoms with Crippen LogP contribution in [0.15, 0.2) is 55.1 Å². The van der Waals surface area contributed by atoms with E-state index in [-0.39, 0.29) is 17.6 Å². The molecule has 1 fully saturated rings. The Morgan fingerprint density at radius 3 is 2.53 bits per heavy atom. The molecule has 1 saturated heterocycles. The van der Waals surface area contributed by atoms with E-state index in [9.17, 15) is 14.0 Å². The Balaban J connectivity index is 1.58. The lowest BCUT2D eigenvalue weighted by Crippen LogP contribution is -2.55. The van der Waals surface area contributed by atoms with E-state index in [1.165, 1.54) is 18.2 Å².